The minimum Gasteiger partial charge on any atom is -0.494 e. The van der Waals surface area contributed by atoms with Gasteiger partial charge in [-0.2, -0.15) is 0 Å². The highest BCUT2D eigenvalue weighted by molar-refractivity contribution is 5.94. The van der Waals surface area contributed by atoms with Crippen LogP contribution >= 0.6 is 0 Å². The fourth-order valence-corrected chi connectivity index (χ4v) is 2.53. The molecule has 2 aromatic rings. The number of aromatic amines is 1. The number of hydrogen-bond donors (Lipinski definition) is 2. The van der Waals surface area contributed by atoms with E-state index < -0.39 is 5.56 Å². The third kappa shape index (κ3) is 3.29. The van der Waals surface area contributed by atoms with Crippen LogP contribution in [-0.2, 0) is 0 Å². The van der Waals surface area contributed by atoms with Crippen molar-refractivity contribution in [3.63, 3.8) is 0 Å². The van der Waals surface area contributed by atoms with E-state index in [9.17, 15) is 14.7 Å². The van der Waals surface area contributed by atoms with Gasteiger partial charge in [0.15, 0.2) is 5.88 Å². The second-order valence-electron chi connectivity index (χ2n) is 5.27. The van der Waals surface area contributed by atoms with Crippen molar-refractivity contribution in [3.05, 3.63) is 40.4 Å². The summed E-state index contributed by atoms with van der Waals surface area (Å²) < 4.78 is 10.8. The minimum atomic E-state index is -0.533. The molecule has 2 aromatic heterocycles. The van der Waals surface area contributed by atoms with Crippen LogP contribution in [-0.4, -0.2) is 57.2 Å². The summed E-state index contributed by atoms with van der Waals surface area (Å²) >= 11 is 0. The number of hydrogen-bond acceptors (Lipinski definition) is 7. The number of nitrogens with zero attached hydrogens (tertiary/aromatic N) is 3. The maximum absolute atomic E-state index is 12.4. The van der Waals surface area contributed by atoms with Crippen LogP contribution in [0, 0.1) is 0 Å². The quantitative estimate of drug-likeness (QED) is 0.819. The largest absolute Gasteiger partial charge is 0.494 e. The van der Waals surface area contributed by atoms with Crippen LogP contribution in [0.2, 0.25) is 0 Å². The molecular formula is C15H16N4O5. The van der Waals surface area contributed by atoms with Crippen LogP contribution in [0.1, 0.15) is 16.8 Å². The highest BCUT2D eigenvalue weighted by Crippen LogP contribution is 2.24. The average Bonchev–Trinajstić information content (AvgIpc) is 3.02. The van der Waals surface area contributed by atoms with Crippen LogP contribution < -0.4 is 15.0 Å². The van der Waals surface area contributed by atoms with Crippen LogP contribution in [0.3, 0.4) is 0 Å². The summed E-state index contributed by atoms with van der Waals surface area (Å²) in [5, 5.41) is 9.41. The number of methoxy groups -OCH3 is 1. The van der Waals surface area contributed by atoms with Gasteiger partial charge in [0.1, 0.15) is 6.10 Å². The molecule has 0 bridgehead atoms. The monoisotopic (exact) mass is 332 g/mol. The molecule has 1 aliphatic heterocycles. The standard InChI is InChI=1S/C15H16N4O5/c1-23-13-14(17-4-3-16-13)24-10-2-5-19(8-10)15(22)9-6-11(20)18-12(21)7-9/h3-4,6-7,10H,2,5,8H2,1H3,(H2,18,20,21). The van der Waals surface area contributed by atoms with E-state index in [-0.39, 0.29) is 35.2 Å². The van der Waals surface area contributed by atoms with Gasteiger partial charge < -0.3 is 19.5 Å². The summed E-state index contributed by atoms with van der Waals surface area (Å²) in [7, 11) is 1.47. The zero-order valence-electron chi connectivity index (χ0n) is 12.9. The lowest BCUT2D eigenvalue weighted by atomic mass is 10.2. The highest BCUT2D eigenvalue weighted by atomic mass is 16.5. The number of rotatable bonds is 4. The summed E-state index contributed by atoms with van der Waals surface area (Å²) in [4.78, 5) is 35.6. The number of aromatic nitrogens is 3. The number of carbonyl (C=O) groups is 1. The lowest BCUT2D eigenvalue weighted by Gasteiger charge is -2.17. The van der Waals surface area contributed by atoms with Crippen molar-refractivity contribution in [2.45, 2.75) is 12.5 Å². The molecule has 1 fully saturated rings. The first kappa shape index (κ1) is 15.8. The van der Waals surface area contributed by atoms with Crippen LogP contribution in [0.5, 0.6) is 17.6 Å². The Morgan fingerprint density at radius 3 is 2.79 bits per heavy atom. The van der Waals surface area contributed by atoms with E-state index in [2.05, 4.69) is 15.0 Å². The van der Waals surface area contributed by atoms with Crippen LogP contribution in [0.15, 0.2) is 29.3 Å². The van der Waals surface area contributed by atoms with Crippen molar-refractivity contribution in [1.29, 1.82) is 0 Å². The van der Waals surface area contributed by atoms with Crippen molar-refractivity contribution >= 4 is 5.91 Å². The highest BCUT2D eigenvalue weighted by Gasteiger charge is 2.29. The number of pyridine rings is 1. The number of amides is 1. The molecule has 9 heteroatoms. The summed E-state index contributed by atoms with van der Waals surface area (Å²) in [6, 6.07) is 2.38. The van der Waals surface area contributed by atoms with Crippen molar-refractivity contribution in [2.75, 3.05) is 20.2 Å². The van der Waals surface area contributed by atoms with E-state index in [1.54, 1.807) is 4.90 Å². The molecule has 126 valence electrons. The van der Waals surface area contributed by atoms with Crippen LogP contribution in [0.4, 0.5) is 0 Å². The van der Waals surface area contributed by atoms with Gasteiger partial charge in [0, 0.05) is 37.5 Å². The first-order valence-corrected chi connectivity index (χ1v) is 7.31. The minimum absolute atomic E-state index is 0.133. The Hall–Kier alpha value is -3.10. The molecular weight excluding hydrogens is 316 g/mol. The van der Waals surface area contributed by atoms with Gasteiger partial charge in [-0.05, 0) is 0 Å². The van der Waals surface area contributed by atoms with Gasteiger partial charge in [-0.25, -0.2) is 9.97 Å². The Bertz CT molecular complexity index is 806. The second-order valence-corrected chi connectivity index (χ2v) is 5.27. The van der Waals surface area contributed by atoms with E-state index >= 15 is 0 Å². The predicted octanol–water partition coefficient (Wildman–Crippen LogP) is 0.173. The third-order valence-corrected chi connectivity index (χ3v) is 3.61. The molecule has 0 aliphatic carbocycles. The Balaban J connectivity index is 1.69. The molecule has 0 saturated carbocycles. The third-order valence-electron chi connectivity index (χ3n) is 3.61. The summed E-state index contributed by atoms with van der Waals surface area (Å²) in [6.45, 7) is 0.811. The molecule has 1 aliphatic rings. The second kappa shape index (κ2) is 6.57. The molecule has 0 aromatic carbocycles. The maximum atomic E-state index is 12.4. The fraction of sp³-hybridized carbons (Fsp3) is 0.333. The lowest BCUT2D eigenvalue weighted by Crippen LogP contribution is -2.31. The first-order valence-electron chi connectivity index (χ1n) is 7.31. The normalized spacial score (nSPS) is 16.9. The molecule has 3 rings (SSSR count). The Morgan fingerprint density at radius 2 is 2.08 bits per heavy atom. The summed E-state index contributed by atoms with van der Waals surface area (Å²) in [5.74, 6) is -0.134. The number of H-pyrrole nitrogens is 1. The zero-order chi connectivity index (χ0) is 17.1. The van der Waals surface area contributed by atoms with Crippen molar-refractivity contribution < 1.29 is 19.4 Å². The van der Waals surface area contributed by atoms with E-state index in [0.29, 0.717) is 19.5 Å². The van der Waals surface area contributed by atoms with E-state index in [4.69, 9.17) is 9.47 Å². The SMILES string of the molecule is COc1nccnc1OC1CCN(C(=O)c2cc(O)[nH]c(=O)c2)C1. The van der Waals surface area contributed by atoms with Gasteiger partial charge in [0.25, 0.3) is 23.2 Å². The van der Waals surface area contributed by atoms with Gasteiger partial charge in [-0.15, -0.1) is 0 Å². The predicted molar refractivity (Wildman–Crippen MR) is 82.2 cm³/mol. The molecule has 1 amide bonds. The Kier molecular flexibility index (Phi) is 4.32. The van der Waals surface area contributed by atoms with Crippen molar-refractivity contribution in [2.24, 2.45) is 0 Å². The molecule has 1 unspecified atom stereocenters. The van der Waals surface area contributed by atoms with E-state index in [0.717, 1.165) is 6.07 Å². The molecule has 1 saturated heterocycles. The molecule has 0 radical (unpaired) electrons. The van der Waals surface area contributed by atoms with Crippen molar-refractivity contribution in [1.82, 2.24) is 19.9 Å². The number of nitrogens with one attached hydrogen (secondary N) is 1. The average molecular weight is 332 g/mol. The molecule has 3 heterocycles. The number of aromatic hydroxyl groups is 1. The first-order chi connectivity index (χ1) is 11.6. The number of likely N-dealkylation sites (tertiary alicyclic amines) is 1. The van der Waals surface area contributed by atoms with Crippen LogP contribution in [0.25, 0.3) is 0 Å². The lowest BCUT2D eigenvalue weighted by molar-refractivity contribution is 0.0769. The van der Waals surface area contributed by atoms with Gasteiger partial charge in [-0.1, -0.05) is 0 Å². The fourth-order valence-electron chi connectivity index (χ4n) is 2.53. The van der Waals surface area contributed by atoms with Crippen molar-refractivity contribution in [3.8, 4) is 17.6 Å². The summed E-state index contributed by atoms with van der Waals surface area (Å²) in [5.41, 5.74) is -0.399. The molecule has 2 N–H and O–H groups in total. The maximum Gasteiger partial charge on any atom is 0.278 e. The van der Waals surface area contributed by atoms with Gasteiger partial charge in [0.05, 0.1) is 19.2 Å². The molecule has 24 heavy (non-hydrogen) atoms. The molecule has 0 spiro atoms. The number of ether oxygens (including phenoxy) is 2. The Labute approximate surface area is 136 Å². The van der Waals surface area contributed by atoms with Gasteiger partial charge >= 0.3 is 0 Å². The topological polar surface area (TPSA) is 118 Å². The van der Waals surface area contributed by atoms with Gasteiger partial charge in [0.2, 0.25) is 0 Å². The molecule has 1 atom stereocenters. The molecule has 9 nitrogen and oxygen atoms in total. The van der Waals surface area contributed by atoms with E-state index in [1.807, 2.05) is 0 Å². The number of carbonyl (C=O) groups excluding carboxylic acids is 1. The zero-order valence-corrected chi connectivity index (χ0v) is 12.9. The van der Waals surface area contributed by atoms with E-state index in [1.165, 1.54) is 25.6 Å². The Morgan fingerprint density at radius 1 is 1.33 bits per heavy atom. The van der Waals surface area contributed by atoms with Gasteiger partial charge in [-0.3, -0.25) is 14.6 Å². The summed E-state index contributed by atoms with van der Waals surface area (Å²) in [6.07, 6.45) is 3.35. The smallest absolute Gasteiger partial charge is 0.278 e.